The van der Waals surface area contributed by atoms with Crippen molar-refractivity contribution in [3.8, 4) is 16.9 Å². The molecule has 0 amide bonds. The highest BCUT2D eigenvalue weighted by atomic mass is 32.2. The van der Waals surface area contributed by atoms with Crippen molar-refractivity contribution < 1.29 is 69.0 Å². The maximum Gasteiger partial charge on any atom is 0.460 e. The number of rotatable bonds is 13. The van der Waals surface area contributed by atoms with Gasteiger partial charge in [0.2, 0.25) is 0 Å². The highest BCUT2D eigenvalue weighted by molar-refractivity contribution is 7.90. The number of benzene rings is 8. The van der Waals surface area contributed by atoms with Crippen LogP contribution in [0.15, 0.2) is 192 Å². The van der Waals surface area contributed by atoms with Crippen molar-refractivity contribution in [2.75, 3.05) is 0 Å². The Bertz CT molecular complexity index is 4250. The Kier molecular flexibility index (Phi) is 12.5. The minimum atomic E-state index is -7.71. The third-order valence-electron chi connectivity index (χ3n) is 12.8. The largest absolute Gasteiger partial charge is 0.460 e. The average Bonchev–Trinajstić information content (AvgIpc) is 4.13. The second kappa shape index (κ2) is 18.2. The van der Waals surface area contributed by atoms with Crippen LogP contribution in [0.4, 0.5) is 39.5 Å². The molecule has 0 bridgehead atoms. The summed E-state index contributed by atoms with van der Waals surface area (Å²) in [5, 5.41) is -6.50. The molecule has 0 saturated heterocycles. The molecule has 9 nitrogen and oxygen atoms in total. The molecular weight excluding hydrogens is 1090 g/mol. The molecule has 8 aromatic carbocycles. The predicted octanol–water partition coefficient (Wildman–Crippen LogP) is 12.6. The molecule has 0 N–H and O–H groups in total. The van der Waals surface area contributed by atoms with Gasteiger partial charge in [0.25, 0.3) is 20.0 Å². The number of alkyl halides is 9. The van der Waals surface area contributed by atoms with Crippen LogP contribution in [-0.2, 0) is 30.2 Å². The van der Waals surface area contributed by atoms with Crippen LogP contribution in [0.5, 0.6) is 5.75 Å². The molecule has 0 aliphatic rings. The maximum atomic E-state index is 16.0. The van der Waals surface area contributed by atoms with Gasteiger partial charge in [-0.25, -0.2) is 24.8 Å². The Morgan fingerprint density at radius 3 is 1.25 bits per heavy atom. The highest BCUT2D eigenvalue weighted by Gasteiger charge is 2.86. The standard InChI is InChI=1S/C54H36F9N2O7PS3/c1-33-21-25-37(26-22-33)74(66,67)64-41-19-11-9-17-39(41)47-43(64)29-31-45(72-76(70,71)54(62,63)52(57,58)51(55,56)53(59,60)61)49(47)50-46(73(35-13-5-3-6-14-35)36-15-7-4-8-16-36)32-30-44-48(50)40-18-10-12-20-42(40)65(44)75(68,69)38-27-23-34(2)24-28-38/h3-32H,1-2H3. The topological polar surface area (TPSA) is 122 Å². The van der Waals surface area contributed by atoms with E-state index in [1.165, 1.54) is 97.1 Å². The number of aryl methyl sites for hydroxylation is 2. The number of para-hydroxylation sites is 2. The van der Waals surface area contributed by atoms with Gasteiger partial charge in [-0.15, -0.1) is 0 Å². The zero-order chi connectivity index (χ0) is 54.5. The summed E-state index contributed by atoms with van der Waals surface area (Å²) in [5.41, 5.74) is -0.197. The van der Waals surface area contributed by atoms with Crippen LogP contribution >= 0.6 is 7.92 Å². The fraction of sp³-hybridized carbons (Fsp3) is 0.111. The quantitative estimate of drug-likeness (QED) is 0.0640. The van der Waals surface area contributed by atoms with Crippen LogP contribution in [0, 0.1) is 13.8 Å². The third kappa shape index (κ3) is 8.03. The number of halogens is 9. The zero-order valence-electron chi connectivity index (χ0n) is 39.1. The molecule has 10 rings (SSSR count). The molecular formula is C54H36F9N2O7PS3. The number of hydrogen-bond acceptors (Lipinski definition) is 7. The first-order valence-corrected chi connectivity index (χ1v) is 28.2. The van der Waals surface area contributed by atoms with Crippen LogP contribution in [0.2, 0.25) is 0 Å². The molecule has 0 radical (unpaired) electrons. The normalized spacial score (nSPS) is 13.4. The summed E-state index contributed by atoms with van der Waals surface area (Å²) in [6, 6.07) is 44.4. The lowest BCUT2D eigenvalue weighted by Crippen LogP contribution is -2.63. The van der Waals surface area contributed by atoms with E-state index >= 15 is 34.4 Å². The molecule has 0 aliphatic carbocycles. The molecule has 10 aromatic rings. The van der Waals surface area contributed by atoms with Gasteiger partial charge < -0.3 is 4.18 Å². The fourth-order valence-electron chi connectivity index (χ4n) is 9.20. The second-order valence-electron chi connectivity index (χ2n) is 17.6. The van der Waals surface area contributed by atoms with Gasteiger partial charge in [-0.3, -0.25) is 0 Å². The first-order chi connectivity index (χ1) is 35.7. The number of aromatic nitrogens is 2. The monoisotopic (exact) mass is 1120 g/mol. The van der Waals surface area contributed by atoms with Crippen molar-refractivity contribution in [1.29, 1.82) is 0 Å². The van der Waals surface area contributed by atoms with E-state index in [1.807, 2.05) is 0 Å². The van der Waals surface area contributed by atoms with E-state index in [-0.39, 0.29) is 64.3 Å². The molecule has 0 atom stereocenters. The van der Waals surface area contributed by atoms with E-state index in [2.05, 4.69) is 0 Å². The van der Waals surface area contributed by atoms with E-state index < -0.39 is 72.7 Å². The highest BCUT2D eigenvalue weighted by Crippen LogP contribution is 2.57. The van der Waals surface area contributed by atoms with Gasteiger partial charge in [0.15, 0.2) is 5.75 Å². The van der Waals surface area contributed by atoms with Crippen molar-refractivity contribution in [2.24, 2.45) is 0 Å². The van der Waals surface area contributed by atoms with Gasteiger partial charge in [-0.2, -0.15) is 47.9 Å². The second-order valence-corrected chi connectivity index (χ2v) is 24.9. The van der Waals surface area contributed by atoms with Crippen molar-refractivity contribution in [3.05, 3.63) is 193 Å². The molecule has 0 aliphatic heterocycles. The molecule has 22 heteroatoms. The lowest BCUT2D eigenvalue weighted by atomic mass is 9.94. The van der Waals surface area contributed by atoms with Crippen molar-refractivity contribution in [1.82, 2.24) is 7.94 Å². The Morgan fingerprint density at radius 2 is 0.816 bits per heavy atom. The summed E-state index contributed by atoms with van der Waals surface area (Å²) in [4.78, 5) is -0.482. The van der Waals surface area contributed by atoms with E-state index in [9.17, 15) is 30.4 Å². The van der Waals surface area contributed by atoms with E-state index in [4.69, 9.17) is 4.18 Å². The average molecular weight is 1120 g/mol. The van der Waals surface area contributed by atoms with Gasteiger partial charge in [0.05, 0.1) is 31.9 Å². The molecule has 0 saturated carbocycles. The summed E-state index contributed by atoms with van der Waals surface area (Å²) < 4.78 is 227. The number of hydrogen-bond donors (Lipinski definition) is 0. The summed E-state index contributed by atoms with van der Waals surface area (Å²) >= 11 is 0. The Morgan fingerprint density at radius 1 is 0.421 bits per heavy atom. The van der Waals surface area contributed by atoms with Crippen LogP contribution in [0.25, 0.3) is 54.7 Å². The van der Waals surface area contributed by atoms with Crippen LogP contribution < -0.4 is 20.1 Å². The lowest BCUT2D eigenvalue weighted by Gasteiger charge is -2.32. The minimum absolute atomic E-state index is 0.00701. The van der Waals surface area contributed by atoms with Gasteiger partial charge in [0.1, 0.15) is 0 Å². The number of nitrogens with zero attached hydrogens (tertiary/aromatic N) is 2. The Labute approximate surface area is 429 Å². The molecule has 0 spiro atoms. The molecule has 2 heterocycles. The van der Waals surface area contributed by atoms with E-state index in [1.54, 1.807) is 86.6 Å². The summed E-state index contributed by atoms with van der Waals surface area (Å²) in [6.07, 6.45) is -7.41. The van der Waals surface area contributed by atoms with Crippen LogP contribution in [0.3, 0.4) is 0 Å². The summed E-state index contributed by atoms with van der Waals surface area (Å²) in [6.45, 7) is 3.42. The lowest BCUT2D eigenvalue weighted by molar-refractivity contribution is -0.382. The number of fused-ring (bicyclic) bond motifs is 6. The van der Waals surface area contributed by atoms with Gasteiger partial charge in [0, 0.05) is 32.7 Å². The SMILES string of the molecule is Cc1ccc(S(=O)(=O)n2c3ccccc3c3c(-c4c(P(c5ccccc5)c5ccccc5)ccc5c4c4ccccc4n5S(=O)(=O)c4ccc(C)cc4)c(OS(=O)(=O)C(F)(F)C(F)(F)C(F)(F)C(F)(F)F)ccc32)cc1. The Hall–Kier alpha value is -7.19. The van der Waals surface area contributed by atoms with E-state index in [0.717, 1.165) is 14.0 Å². The van der Waals surface area contributed by atoms with Crippen molar-refractivity contribution in [3.63, 3.8) is 0 Å². The summed E-state index contributed by atoms with van der Waals surface area (Å²) in [5.74, 6) is -16.7. The maximum absolute atomic E-state index is 16.0. The van der Waals surface area contributed by atoms with Crippen LogP contribution in [-0.4, -0.2) is 56.5 Å². The van der Waals surface area contributed by atoms with Crippen molar-refractivity contribution in [2.45, 2.75) is 46.9 Å². The van der Waals surface area contributed by atoms with Gasteiger partial charge >= 0.3 is 33.4 Å². The van der Waals surface area contributed by atoms with Crippen molar-refractivity contribution >= 4 is 97.6 Å². The van der Waals surface area contributed by atoms with Gasteiger partial charge in [-0.1, -0.05) is 139 Å². The molecule has 2 aromatic heterocycles. The van der Waals surface area contributed by atoms with E-state index in [0.29, 0.717) is 27.8 Å². The molecule has 76 heavy (non-hydrogen) atoms. The zero-order valence-corrected chi connectivity index (χ0v) is 42.5. The molecule has 0 unspecified atom stereocenters. The van der Waals surface area contributed by atoms with Crippen LogP contribution in [0.1, 0.15) is 11.1 Å². The molecule has 0 fully saturated rings. The van der Waals surface area contributed by atoms with Gasteiger partial charge in [-0.05, 0) is 92.3 Å². The first kappa shape index (κ1) is 52.3. The minimum Gasteiger partial charge on any atom is -0.377 e. The fourth-order valence-corrected chi connectivity index (χ4v) is 15.6. The molecule has 390 valence electrons. The predicted molar refractivity (Wildman–Crippen MR) is 275 cm³/mol. The smallest absolute Gasteiger partial charge is 0.377 e. The summed E-state index contributed by atoms with van der Waals surface area (Å²) in [7, 11) is -19.2. The Balaban J connectivity index is 1.44. The first-order valence-electron chi connectivity index (χ1n) is 22.6. The third-order valence-corrected chi connectivity index (χ3v) is 20.0.